The molecule has 2 nitrogen and oxygen atoms in total. The standard InChI is InChI=1S/C14H14ClNOS2/c1-3-12-9-19-14(18)16(12)8-10-5-6-11(15)7-13(10)17-4-2/h3,5-7,9H,1,4,8H2,2H3. The van der Waals surface area contributed by atoms with Crippen LogP contribution in [0, 0.1) is 3.95 Å². The van der Waals surface area contributed by atoms with E-state index in [9.17, 15) is 0 Å². The molecule has 0 fully saturated rings. The molecule has 0 aliphatic heterocycles. The van der Waals surface area contributed by atoms with E-state index in [2.05, 4.69) is 6.58 Å². The van der Waals surface area contributed by atoms with Gasteiger partial charge in [0.05, 0.1) is 18.8 Å². The van der Waals surface area contributed by atoms with E-state index in [1.807, 2.05) is 41.1 Å². The van der Waals surface area contributed by atoms with Crippen LogP contribution in [0.25, 0.3) is 6.08 Å². The van der Waals surface area contributed by atoms with Crippen molar-refractivity contribution < 1.29 is 4.74 Å². The van der Waals surface area contributed by atoms with Crippen LogP contribution >= 0.6 is 35.2 Å². The summed E-state index contributed by atoms with van der Waals surface area (Å²) in [6.07, 6.45) is 1.81. The van der Waals surface area contributed by atoms with Crippen molar-refractivity contribution in [2.75, 3.05) is 6.61 Å². The van der Waals surface area contributed by atoms with E-state index in [4.69, 9.17) is 28.6 Å². The predicted molar refractivity (Wildman–Crippen MR) is 85.0 cm³/mol. The number of aromatic nitrogens is 1. The number of nitrogens with zero attached hydrogens (tertiary/aromatic N) is 1. The highest BCUT2D eigenvalue weighted by molar-refractivity contribution is 7.73. The van der Waals surface area contributed by atoms with Gasteiger partial charge in [-0.15, -0.1) is 11.3 Å². The van der Waals surface area contributed by atoms with Crippen LogP contribution < -0.4 is 4.74 Å². The summed E-state index contributed by atoms with van der Waals surface area (Å²) >= 11 is 12.9. The Morgan fingerprint density at radius 3 is 3.00 bits per heavy atom. The van der Waals surface area contributed by atoms with Crippen LogP contribution in [0.5, 0.6) is 5.75 Å². The van der Waals surface area contributed by atoms with Gasteiger partial charge in [-0.05, 0) is 37.4 Å². The zero-order chi connectivity index (χ0) is 13.8. The van der Waals surface area contributed by atoms with Crippen LogP contribution in [-0.4, -0.2) is 11.2 Å². The smallest absolute Gasteiger partial charge is 0.161 e. The van der Waals surface area contributed by atoms with Crippen LogP contribution in [-0.2, 0) is 6.54 Å². The molecule has 0 aliphatic carbocycles. The van der Waals surface area contributed by atoms with Gasteiger partial charge in [-0.3, -0.25) is 0 Å². The van der Waals surface area contributed by atoms with Gasteiger partial charge in [0.2, 0.25) is 0 Å². The largest absolute Gasteiger partial charge is 0.493 e. The zero-order valence-corrected chi connectivity index (χ0v) is 12.9. The van der Waals surface area contributed by atoms with Gasteiger partial charge in [-0.1, -0.05) is 24.2 Å². The summed E-state index contributed by atoms with van der Waals surface area (Å²) in [5, 5.41) is 2.68. The number of ether oxygens (including phenoxy) is 1. The van der Waals surface area contributed by atoms with Crippen LogP contribution in [0.1, 0.15) is 18.2 Å². The van der Waals surface area contributed by atoms with E-state index in [-0.39, 0.29) is 0 Å². The first-order valence-electron chi connectivity index (χ1n) is 5.87. The lowest BCUT2D eigenvalue weighted by Gasteiger charge is -2.12. The minimum absolute atomic E-state index is 0.608. The summed E-state index contributed by atoms with van der Waals surface area (Å²) in [6, 6.07) is 5.67. The first-order chi connectivity index (χ1) is 9.15. The van der Waals surface area contributed by atoms with Crippen molar-refractivity contribution in [3.05, 3.63) is 50.4 Å². The Kier molecular flexibility index (Phi) is 4.80. The van der Waals surface area contributed by atoms with Crippen molar-refractivity contribution in [2.45, 2.75) is 13.5 Å². The van der Waals surface area contributed by atoms with E-state index in [1.54, 1.807) is 0 Å². The first-order valence-corrected chi connectivity index (χ1v) is 7.54. The van der Waals surface area contributed by atoms with Crippen molar-refractivity contribution in [1.82, 2.24) is 4.57 Å². The summed E-state index contributed by atoms with van der Waals surface area (Å²) < 4.78 is 8.49. The van der Waals surface area contributed by atoms with E-state index < -0.39 is 0 Å². The van der Waals surface area contributed by atoms with Crippen LogP contribution in [0.4, 0.5) is 0 Å². The van der Waals surface area contributed by atoms with Crippen molar-refractivity contribution >= 4 is 41.2 Å². The minimum atomic E-state index is 0.608. The first kappa shape index (κ1) is 14.3. The van der Waals surface area contributed by atoms with Gasteiger partial charge in [0.1, 0.15) is 5.75 Å². The molecule has 0 spiro atoms. The molecule has 2 aromatic rings. The fraction of sp³-hybridized carbons (Fsp3) is 0.214. The lowest BCUT2D eigenvalue weighted by Crippen LogP contribution is -2.04. The third-order valence-corrected chi connectivity index (χ3v) is 4.20. The molecule has 0 saturated heterocycles. The molecule has 0 radical (unpaired) electrons. The second-order valence-electron chi connectivity index (χ2n) is 3.90. The second-order valence-corrected chi connectivity index (χ2v) is 5.84. The monoisotopic (exact) mass is 311 g/mol. The fourth-order valence-corrected chi connectivity index (χ4v) is 3.00. The van der Waals surface area contributed by atoms with E-state index in [0.29, 0.717) is 18.2 Å². The van der Waals surface area contributed by atoms with Gasteiger partial charge in [0.15, 0.2) is 3.95 Å². The van der Waals surface area contributed by atoms with Crippen molar-refractivity contribution in [3.8, 4) is 5.75 Å². The zero-order valence-electron chi connectivity index (χ0n) is 10.6. The van der Waals surface area contributed by atoms with E-state index in [0.717, 1.165) is 21.0 Å². The number of thiazole rings is 1. The number of hydrogen-bond acceptors (Lipinski definition) is 3. The molecule has 5 heteroatoms. The molecular weight excluding hydrogens is 298 g/mol. The Labute approximate surface area is 126 Å². The lowest BCUT2D eigenvalue weighted by atomic mass is 10.2. The third-order valence-electron chi connectivity index (χ3n) is 2.68. The molecule has 0 aliphatic rings. The summed E-state index contributed by atoms with van der Waals surface area (Å²) in [4.78, 5) is 0. The Bertz CT molecular complexity index is 645. The highest BCUT2D eigenvalue weighted by Gasteiger charge is 2.08. The Morgan fingerprint density at radius 2 is 2.32 bits per heavy atom. The second kappa shape index (κ2) is 6.37. The van der Waals surface area contributed by atoms with E-state index >= 15 is 0 Å². The molecule has 0 saturated carbocycles. The summed E-state index contributed by atoms with van der Waals surface area (Å²) in [5.41, 5.74) is 2.08. The van der Waals surface area contributed by atoms with Gasteiger partial charge < -0.3 is 9.30 Å². The van der Waals surface area contributed by atoms with Crippen molar-refractivity contribution in [3.63, 3.8) is 0 Å². The Hall–Kier alpha value is -1.10. The van der Waals surface area contributed by atoms with Crippen molar-refractivity contribution in [1.29, 1.82) is 0 Å². The van der Waals surface area contributed by atoms with Crippen LogP contribution in [0.3, 0.4) is 0 Å². The molecule has 0 unspecified atom stereocenters. The molecule has 0 amide bonds. The van der Waals surface area contributed by atoms with Crippen LogP contribution in [0.2, 0.25) is 5.02 Å². The third kappa shape index (κ3) is 3.26. The van der Waals surface area contributed by atoms with Gasteiger partial charge in [0.25, 0.3) is 0 Å². The molecule has 1 heterocycles. The van der Waals surface area contributed by atoms with Gasteiger partial charge in [0, 0.05) is 16.0 Å². The highest BCUT2D eigenvalue weighted by Crippen LogP contribution is 2.26. The van der Waals surface area contributed by atoms with Gasteiger partial charge in [-0.2, -0.15) is 0 Å². The summed E-state index contributed by atoms with van der Waals surface area (Å²) in [6.45, 7) is 7.03. The topological polar surface area (TPSA) is 14.2 Å². The lowest BCUT2D eigenvalue weighted by molar-refractivity contribution is 0.336. The summed E-state index contributed by atoms with van der Waals surface area (Å²) in [7, 11) is 0. The highest BCUT2D eigenvalue weighted by atomic mass is 35.5. The molecule has 100 valence electrons. The van der Waals surface area contributed by atoms with Gasteiger partial charge in [-0.25, -0.2) is 0 Å². The number of benzene rings is 1. The average molecular weight is 312 g/mol. The predicted octanol–water partition coefficient (Wildman–Crippen LogP) is 5.02. The van der Waals surface area contributed by atoms with Crippen LogP contribution in [0.15, 0.2) is 30.2 Å². The Balaban J connectivity index is 2.40. The molecule has 19 heavy (non-hydrogen) atoms. The molecule has 0 bridgehead atoms. The molecule has 0 N–H and O–H groups in total. The fourth-order valence-electron chi connectivity index (χ4n) is 1.78. The molecule has 1 aromatic carbocycles. The molecule has 1 aromatic heterocycles. The normalized spacial score (nSPS) is 10.4. The average Bonchev–Trinajstić information content (AvgIpc) is 2.74. The number of hydrogen-bond donors (Lipinski definition) is 0. The Morgan fingerprint density at radius 1 is 1.53 bits per heavy atom. The van der Waals surface area contributed by atoms with E-state index in [1.165, 1.54) is 11.3 Å². The maximum atomic E-state index is 6.00. The maximum absolute atomic E-state index is 6.00. The SMILES string of the molecule is C=Cc1csc(=S)n1Cc1ccc(Cl)cc1OCC. The van der Waals surface area contributed by atoms with Crippen molar-refractivity contribution in [2.24, 2.45) is 0 Å². The molecule has 0 atom stereocenters. The molecule has 2 rings (SSSR count). The summed E-state index contributed by atoms with van der Waals surface area (Å²) in [5.74, 6) is 0.804. The maximum Gasteiger partial charge on any atom is 0.161 e. The quantitative estimate of drug-likeness (QED) is 0.720. The number of rotatable bonds is 5. The minimum Gasteiger partial charge on any atom is -0.493 e. The number of halogens is 1. The molecular formula is C14H14ClNOS2. The van der Waals surface area contributed by atoms with Gasteiger partial charge >= 0.3 is 0 Å².